The molecule has 4 aliphatic rings. The first-order valence-corrected chi connectivity index (χ1v) is 13.5. The summed E-state index contributed by atoms with van der Waals surface area (Å²) in [6, 6.07) is 2.20. The van der Waals surface area contributed by atoms with Crippen LogP contribution in [0, 0.1) is 52.3 Å². The molecule has 0 spiro atoms. The van der Waals surface area contributed by atoms with E-state index >= 15 is 0 Å². The predicted octanol–water partition coefficient (Wildman–Crippen LogP) is 4.44. The van der Waals surface area contributed by atoms with E-state index in [1.165, 1.54) is 19.3 Å². The number of rotatable bonds is 6. The van der Waals surface area contributed by atoms with Gasteiger partial charge < -0.3 is 9.84 Å². The third kappa shape index (κ3) is 3.93. The summed E-state index contributed by atoms with van der Waals surface area (Å²) in [6.45, 7) is 5.54. The summed E-state index contributed by atoms with van der Waals surface area (Å²) in [6.07, 6.45) is 11.8. The summed E-state index contributed by atoms with van der Waals surface area (Å²) >= 11 is 0. The van der Waals surface area contributed by atoms with Crippen LogP contribution in [0.4, 0.5) is 0 Å². The van der Waals surface area contributed by atoms with Crippen LogP contribution < -0.4 is 0 Å². The summed E-state index contributed by atoms with van der Waals surface area (Å²) in [5, 5.41) is 24.7. The van der Waals surface area contributed by atoms with Gasteiger partial charge in [0.2, 0.25) is 0 Å². The zero-order valence-corrected chi connectivity index (χ0v) is 21.1. The highest BCUT2D eigenvalue weighted by Crippen LogP contribution is 2.64. The van der Waals surface area contributed by atoms with Crippen LogP contribution in [-0.4, -0.2) is 39.5 Å². The van der Waals surface area contributed by atoms with Gasteiger partial charge >= 0.3 is 0 Å². The molecule has 0 saturated heterocycles. The van der Waals surface area contributed by atoms with Gasteiger partial charge in [0, 0.05) is 26.0 Å². The fourth-order valence-electron chi connectivity index (χ4n) is 8.97. The lowest BCUT2D eigenvalue weighted by atomic mass is 9.49. The van der Waals surface area contributed by atoms with Crippen molar-refractivity contribution >= 4 is 5.78 Å². The molecule has 1 heterocycles. The van der Waals surface area contributed by atoms with Crippen LogP contribution in [0.3, 0.4) is 0 Å². The van der Waals surface area contributed by atoms with Gasteiger partial charge in [-0.2, -0.15) is 10.4 Å². The molecule has 0 bridgehead atoms. The lowest BCUT2D eigenvalue weighted by molar-refractivity contribution is -0.137. The highest BCUT2D eigenvalue weighted by Gasteiger charge is 2.59. The van der Waals surface area contributed by atoms with E-state index in [1.807, 2.05) is 14.0 Å². The number of ether oxygens (including phenoxy) is 1. The molecule has 34 heavy (non-hydrogen) atoms. The van der Waals surface area contributed by atoms with E-state index in [4.69, 9.17) is 4.74 Å². The Kier molecular flexibility index (Phi) is 6.40. The Bertz CT molecular complexity index is 967. The largest absolute Gasteiger partial charge is 0.387 e. The summed E-state index contributed by atoms with van der Waals surface area (Å²) in [5.41, 5.74) is 0.738. The average molecular weight is 468 g/mol. The number of carbonyl (C=O) groups is 1. The maximum absolute atomic E-state index is 13.5. The highest BCUT2D eigenvalue weighted by molar-refractivity contribution is 5.84. The fraction of sp³-hybridized carbons (Fsp3) is 0.821. The van der Waals surface area contributed by atoms with Gasteiger partial charge in [-0.25, -0.2) is 0 Å². The van der Waals surface area contributed by atoms with Crippen molar-refractivity contribution in [1.29, 1.82) is 5.26 Å². The fourth-order valence-corrected chi connectivity index (χ4v) is 8.97. The SMILES string of the molecule is CCOC[C@@]1(O)CC[C@H]2[C@H](CC[C@@H]3[C@@H]2CC[C@]2(C)[C@@H](C(=O)Cc4c(C#N)cnn4C)CC[C@@H]32)C1. The molecule has 186 valence electrons. The van der Waals surface area contributed by atoms with Crippen LogP contribution in [0.15, 0.2) is 6.20 Å². The molecule has 6 nitrogen and oxygen atoms in total. The number of hydrogen-bond donors (Lipinski definition) is 1. The quantitative estimate of drug-likeness (QED) is 0.668. The number of ketones is 1. The third-order valence-electron chi connectivity index (χ3n) is 10.6. The lowest BCUT2D eigenvalue weighted by Crippen LogP contribution is -2.52. The molecule has 1 aromatic heterocycles. The van der Waals surface area contributed by atoms with Crippen molar-refractivity contribution in [2.45, 2.75) is 83.7 Å². The molecule has 4 saturated carbocycles. The minimum Gasteiger partial charge on any atom is -0.387 e. The molecule has 4 aliphatic carbocycles. The van der Waals surface area contributed by atoms with E-state index in [1.54, 1.807) is 10.9 Å². The average Bonchev–Trinajstić information content (AvgIpc) is 3.36. The van der Waals surface area contributed by atoms with Crippen molar-refractivity contribution in [1.82, 2.24) is 9.78 Å². The maximum Gasteiger partial charge on any atom is 0.142 e. The number of aromatic nitrogens is 2. The van der Waals surface area contributed by atoms with E-state index in [0.29, 0.717) is 42.8 Å². The zero-order valence-electron chi connectivity index (χ0n) is 21.1. The molecular weight excluding hydrogens is 426 g/mol. The normalized spacial score (nSPS) is 41.3. The number of aliphatic hydroxyl groups is 1. The van der Waals surface area contributed by atoms with E-state index in [9.17, 15) is 15.2 Å². The van der Waals surface area contributed by atoms with Gasteiger partial charge in [0.15, 0.2) is 0 Å². The number of fused-ring (bicyclic) bond motifs is 5. The van der Waals surface area contributed by atoms with Crippen LogP contribution in [0.5, 0.6) is 0 Å². The zero-order chi connectivity index (χ0) is 24.1. The van der Waals surface area contributed by atoms with Crippen molar-refractivity contribution in [2.75, 3.05) is 13.2 Å². The van der Waals surface area contributed by atoms with Gasteiger partial charge in [0.1, 0.15) is 11.9 Å². The number of aryl methyl sites for hydroxylation is 1. The summed E-state index contributed by atoms with van der Waals surface area (Å²) in [5.74, 6) is 3.86. The molecule has 0 radical (unpaired) electrons. The van der Waals surface area contributed by atoms with Crippen molar-refractivity contribution in [3.63, 3.8) is 0 Å². The van der Waals surface area contributed by atoms with Crippen LogP contribution in [0.2, 0.25) is 0 Å². The smallest absolute Gasteiger partial charge is 0.142 e. The van der Waals surface area contributed by atoms with Crippen LogP contribution >= 0.6 is 0 Å². The molecule has 6 heteroatoms. The predicted molar refractivity (Wildman–Crippen MR) is 129 cm³/mol. The van der Waals surface area contributed by atoms with Gasteiger partial charge in [0.05, 0.1) is 29.7 Å². The molecule has 5 rings (SSSR count). The first-order valence-electron chi connectivity index (χ1n) is 13.5. The van der Waals surface area contributed by atoms with Gasteiger partial charge in [-0.1, -0.05) is 6.92 Å². The van der Waals surface area contributed by atoms with Crippen LogP contribution in [0.1, 0.15) is 82.9 Å². The Morgan fingerprint density at radius 2 is 2.00 bits per heavy atom. The molecule has 0 amide bonds. The molecule has 4 fully saturated rings. The summed E-state index contributed by atoms with van der Waals surface area (Å²) < 4.78 is 7.31. The topological polar surface area (TPSA) is 88.1 Å². The molecule has 0 aromatic carbocycles. The molecule has 1 aromatic rings. The minimum atomic E-state index is -0.633. The first kappa shape index (κ1) is 24.0. The van der Waals surface area contributed by atoms with E-state index in [2.05, 4.69) is 18.1 Å². The van der Waals surface area contributed by atoms with Gasteiger partial charge in [-0.3, -0.25) is 9.48 Å². The maximum atomic E-state index is 13.5. The second-order valence-electron chi connectivity index (χ2n) is 12.1. The first-order chi connectivity index (χ1) is 16.3. The monoisotopic (exact) mass is 467 g/mol. The number of hydrogen-bond acceptors (Lipinski definition) is 5. The van der Waals surface area contributed by atoms with E-state index < -0.39 is 5.60 Å². The number of nitrogens with zero attached hydrogens (tertiary/aromatic N) is 3. The van der Waals surface area contributed by atoms with Crippen LogP contribution in [-0.2, 0) is 23.0 Å². The van der Waals surface area contributed by atoms with Gasteiger partial charge in [0.25, 0.3) is 0 Å². The van der Waals surface area contributed by atoms with E-state index in [-0.39, 0.29) is 11.3 Å². The Labute approximate surface area is 204 Å². The van der Waals surface area contributed by atoms with Gasteiger partial charge in [-0.05, 0) is 99.7 Å². The van der Waals surface area contributed by atoms with Crippen molar-refractivity contribution in [3.05, 3.63) is 17.5 Å². The minimum absolute atomic E-state index is 0.0842. The second kappa shape index (κ2) is 9.06. The number of carbonyl (C=O) groups excluding carboxylic acids is 1. The lowest BCUT2D eigenvalue weighted by Gasteiger charge is -2.57. The van der Waals surface area contributed by atoms with Crippen molar-refractivity contribution in [2.24, 2.45) is 48.0 Å². The summed E-state index contributed by atoms with van der Waals surface area (Å²) in [7, 11) is 1.83. The Morgan fingerprint density at radius 3 is 2.76 bits per heavy atom. The molecule has 0 unspecified atom stereocenters. The van der Waals surface area contributed by atoms with Crippen LogP contribution in [0.25, 0.3) is 0 Å². The number of Topliss-reactive ketones (excluding diaryl/α,β-unsaturated/α-hetero) is 1. The van der Waals surface area contributed by atoms with Crippen molar-refractivity contribution < 1.29 is 14.6 Å². The van der Waals surface area contributed by atoms with Gasteiger partial charge in [-0.15, -0.1) is 0 Å². The highest BCUT2D eigenvalue weighted by atomic mass is 16.5. The Balaban J connectivity index is 1.28. The standard InChI is InChI=1S/C28H41N3O3/c1-4-34-17-28(33)12-10-20-18(14-28)5-6-22-21(20)9-11-27(2)23(22)7-8-24(27)26(32)13-25-19(15-29)16-30-31(25)3/h16,18,20-24,33H,4-14,17H2,1-3H3/t18-,20+,21-,22-,23+,24-,27+,28-/m1/s1. The number of nitriles is 1. The summed E-state index contributed by atoms with van der Waals surface area (Å²) in [4.78, 5) is 13.5. The third-order valence-corrected chi connectivity index (χ3v) is 10.6. The van der Waals surface area contributed by atoms with E-state index in [0.717, 1.165) is 62.0 Å². The molecular formula is C28H41N3O3. The Morgan fingerprint density at radius 1 is 1.21 bits per heavy atom. The second-order valence-corrected chi connectivity index (χ2v) is 12.1. The Hall–Kier alpha value is -1.71. The van der Waals surface area contributed by atoms with Crippen molar-refractivity contribution in [3.8, 4) is 6.07 Å². The molecule has 8 atom stereocenters. The molecule has 0 aliphatic heterocycles. The molecule has 1 N–H and O–H groups in total.